The van der Waals surface area contributed by atoms with Crippen LogP contribution in [0.2, 0.25) is 10.0 Å². The van der Waals surface area contributed by atoms with Gasteiger partial charge in [-0.2, -0.15) is 5.10 Å². The van der Waals surface area contributed by atoms with Gasteiger partial charge in [-0.05, 0) is 73.9 Å². The van der Waals surface area contributed by atoms with Crippen LogP contribution in [0.15, 0.2) is 71.0 Å². The Bertz CT molecular complexity index is 1650. The van der Waals surface area contributed by atoms with Gasteiger partial charge in [0.05, 0.1) is 43.2 Å². The number of amides is 2. The predicted molar refractivity (Wildman–Crippen MR) is 177 cm³/mol. The predicted octanol–water partition coefficient (Wildman–Crippen LogP) is 5.49. The molecule has 0 unspecified atom stereocenters. The average Bonchev–Trinajstić information content (AvgIpc) is 3.03. The van der Waals surface area contributed by atoms with Crippen molar-refractivity contribution in [1.29, 1.82) is 0 Å². The summed E-state index contributed by atoms with van der Waals surface area (Å²) in [5.74, 6) is 0.933. The average molecular weight is 688 g/mol. The van der Waals surface area contributed by atoms with Crippen molar-refractivity contribution >= 4 is 41.4 Å². The third-order valence-corrected chi connectivity index (χ3v) is 7.23. The summed E-state index contributed by atoms with van der Waals surface area (Å²) in [6, 6.07) is 14.4. The molecule has 0 fully saturated rings. The highest BCUT2D eigenvalue weighted by atomic mass is 35.5. The smallest absolute Gasteiger partial charge is 0.337 e. The number of carbonyl (C=O) groups excluding carboxylic acids is 2. The van der Waals surface area contributed by atoms with Crippen molar-refractivity contribution in [3.05, 3.63) is 92.6 Å². The van der Waals surface area contributed by atoms with Gasteiger partial charge in [-0.1, -0.05) is 41.4 Å². The van der Waals surface area contributed by atoms with Crippen LogP contribution in [0.5, 0.6) is 23.0 Å². The van der Waals surface area contributed by atoms with Gasteiger partial charge in [0.1, 0.15) is 13.2 Å². The lowest BCUT2D eigenvalue weighted by atomic mass is 9.95. The van der Waals surface area contributed by atoms with E-state index in [-0.39, 0.29) is 18.8 Å². The van der Waals surface area contributed by atoms with Gasteiger partial charge in [-0.3, -0.25) is 5.43 Å². The fraction of sp³-hybridized carbons (Fsp3) is 0.303. The van der Waals surface area contributed by atoms with Crippen molar-refractivity contribution < 1.29 is 38.4 Å². The zero-order chi connectivity index (χ0) is 33.9. The highest BCUT2D eigenvalue weighted by Crippen LogP contribution is 2.37. The number of aliphatic hydroxyl groups excluding tert-OH is 1. The zero-order valence-electron chi connectivity index (χ0n) is 26.3. The van der Waals surface area contributed by atoms with E-state index in [9.17, 15) is 14.7 Å². The summed E-state index contributed by atoms with van der Waals surface area (Å²) in [5, 5.41) is 20.9. The van der Waals surface area contributed by atoms with Gasteiger partial charge in [0.15, 0.2) is 29.2 Å². The number of hydrogen-bond acceptors (Lipinski definition) is 10. The molecular formula is C33H36Cl2N4O8. The van der Waals surface area contributed by atoms with E-state index in [0.29, 0.717) is 63.1 Å². The molecule has 0 aliphatic carbocycles. The lowest BCUT2D eigenvalue weighted by Gasteiger charge is -2.28. The van der Waals surface area contributed by atoms with Crippen molar-refractivity contribution in [2.45, 2.75) is 39.6 Å². The Labute approximate surface area is 282 Å². The minimum Gasteiger partial charge on any atom is -0.490 e. The molecule has 4 rings (SSSR count). The van der Waals surface area contributed by atoms with Crippen molar-refractivity contribution in [3.63, 3.8) is 0 Å². The van der Waals surface area contributed by atoms with Gasteiger partial charge in [-0.25, -0.2) is 9.59 Å². The summed E-state index contributed by atoms with van der Waals surface area (Å²) in [7, 11) is 1.27. The van der Waals surface area contributed by atoms with Crippen LogP contribution < -0.4 is 35.0 Å². The number of allylic oxidation sites excluding steroid dienone is 1. The first kappa shape index (κ1) is 35.2. The molecule has 14 heteroatoms. The van der Waals surface area contributed by atoms with Crippen molar-refractivity contribution in [3.8, 4) is 23.0 Å². The molecule has 0 bridgehead atoms. The molecule has 1 aliphatic heterocycles. The number of methoxy groups -OCH3 is 1. The van der Waals surface area contributed by atoms with Gasteiger partial charge in [0.2, 0.25) is 0 Å². The molecule has 250 valence electrons. The summed E-state index contributed by atoms with van der Waals surface area (Å²) in [6.07, 6.45) is 0.281. The molecule has 3 aromatic rings. The Morgan fingerprint density at radius 2 is 1.79 bits per heavy atom. The Morgan fingerprint density at radius 3 is 2.51 bits per heavy atom. The minimum absolute atomic E-state index is 0.186. The second kappa shape index (κ2) is 16.8. The van der Waals surface area contributed by atoms with E-state index in [1.807, 2.05) is 19.1 Å². The third-order valence-electron chi connectivity index (χ3n) is 6.71. The second-order valence-electron chi connectivity index (χ2n) is 10.1. The fourth-order valence-electron chi connectivity index (χ4n) is 4.67. The number of carbonyl (C=O) groups is 2. The van der Waals surface area contributed by atoms with Crippen molar-refractivity contribution in [1.82, 2.24) is 16.1 Å². The van der Waals surface area contributed by atoms with E-state index >= 15 is 0 Å². The molecule has 1 heterocycles. The number of esters is 1. The Kier molecular flexibility index (Phi) is 12.6. The first-order valence-electron chi connectivity index (χ1n) is 14.7. The third kappa shape index (κ3) is 9.44. The maximum Gasteiger partial charge on any atom is 0.337 e. The summed E-state index contributed by atoms with van der Waals surface area (Å²) >= 11 is 12.6. The second-order valence-corrected chi connectivity index (χ2v) is 10.9. The molecule has 3 aromatic carbocycles. The number of benzene rings is 3. The number of hydrazone groups is 1. The molecule has 47 heavy (non-hydrogen) atoms. The van der Waals surface area contributed by atoms with Gasteiger partial charge >= 0.3 is 12.0 Å². The molecule has 0 saturated carbocycles. The Morgan fingerprint density at radius 1 is 1.02 bits per heavy atom. The Balaban J connectivity index is 1.40. The van der Waals surface area contributed by atoms with Crippen LogP contribution in [0.1, 0.15) is 43.5 Å². The molecular weight excluding hydrogens is 651 g/mol. The minimum atomic E-state index is -1.19. The zero-order valence-corrected chi connectivity index (χ0v) is 27.8. The van der Waals surface area contributed by atoms with Crippen LogP contribution in [-0.2, 0) is 16.1 Å². The number of halogens is 2. The molecule has 0 aromatic heterocycles. The molecule has 0 spiro atoms. The summed E-state index contributed by atoms with van der Waals surface area (Å²) in [4.78, 5) is 24.6. The van der Waals surface area contributed by atoms with E-state index in [4.69, 9.17) is 46.9 Å². The van der Waals surface area contributed by atoms with Gasteiger partial charge in [0, 0.05) is 10.7 Å². The van der Waals surface area contributed by atoms with Crippen LogP contribution in [0.4, 0.5) is 4.79 Å². The van der Waals surface area contributed by atoms with E-state index in [1.54, 1.807) is 56.3 Å². The Hall–Kier alpha value is -4.65. The van der Waals surface area contributed by atoms with Crippen LogP contribution in [0, 0.1) is 0 Å². The van der Waals surface area contributed by atoms with Gasteiger partial charge in [-0.15, -0.1) is 0 Å². The molecule has 12 nitrogen and oxygen atoms in total. The number of urea groups is 1. The lowest BCUT2D eigenvalue weighted by molar-refractivity contribution is -0.136. The molecule has 0 radical (unpaired) electrons. The molecule has 2 amide bonds. The molecule has 0 saturated heterocycles. The van der Waals surface area contributed by atoms with Crippen LogP contribution >= 0.6 is 23.2 Å². The van der Waals surface area contributed by atoms with Crippen molar-refractivity contribution in [2.75, 3.05) is 26.9 Å². The SMILES string of the molecule is CCOc1cc([C@H]2NC(=O)NC(C)=C2C(=O)OC)ccc1OC[C@H](O)N/N=C/c1cc(Cl)c(OCc2cccc(Cl)c2)c(OCC)c1. The topological polar surface area (TPSA) is 149 Å². The summed E-state index contributed by atoms with van der Waals surface area (Å²) < 4.78 is 28.2. The largest absolute Gasteiger partial charge is 0.490 e. The van der Waals surface area contributed by atoms with E-state index in [1.165, 1.54) is 13.3 Å². The van der Waals surface area contributed by atoms with Gasteiger partial charge < -0.3 is 39.4 Å². The number of rotatable bonds is 15. The van der Waals surface area contributed by atoms with Gasteiger partial charge in [0.25, 0.3) is 0 Å². The van der Waals surface area contributed by atoms with E-state index in [2.05, 4.69) is 21.2 Å². The monoisotopic (exact) mass is 686 g/mol. The number of nitrogens with one attached hydrogen (secondary N) is 3. The number of hydrogen-bond donors (Lipinski definition) is 4. The molecule has 4 N–H and O–H groups in total. The maximum atomic E-state index is 12.5. The van der Waals surface area contributed by atoms with E-state index < -0.39 is 24.3 Å². The fourth-order valence-corrected chi connectivity index (χ4v) is 5.15. The first-order valence-corrected chi connectivity index (χ1v) is 15.4. The highest BCUT2D eigenvalue weighted by molar-refractivity contribution is 6.32. The normalized spacial score (nSPS) is 15.0. The highest BCUT2D eigenvalue weighted by Gasteiger charge is 2.32. The maximum absolute atomic E-state index is 12.5. The van der Waals surface area contributed by atoms with Crippen molar-refractivity contribution in [2.24, 2.45) is 5.10 Å². The molecule has 2 atom stereocenters. The summed E-state index contributed by atoms with van der Waals surface area (Å²) in [6.45, 7) is 6.04. The molecule has 1 aliphatic rings. The number of nitrogens with zero attached hydrogens (tertiary/aromatic N) is 1. The quantitative estimate of drug-likeness (QED) is 0.0705. The van der Waals surface area contributed by atoms with Crippen LogP contribution in [0.3, 0.4) is 0 Å². The first-order chi connectivity index (χ1) is 22.6. The van der Waals surface area contributed by atoms with E-state index in [0.717, 1.165) is 5.56 Å². The van der Waals surface area contributed by atoms with Crippen LogP contribution in [0.25, 0.3) is 0 Å². The van der Waals surface area contributed by atoms with Crippen LogP contribution in [-0.4, -0.2) is 56.5 Å². The number of ether oxygens (including phenoxy) is 5. The standard InChI is InChI=1S/C33H36Cl2N4O8/c1-5-44-26-15-22(30-29(32(41)43-4)19(3)37-33(42)38-30)10-11-25(26)46-18-28(40)39-36-16-21-13-24(35)31(27(14-21)45-6-2)47-17-20-8-7-9-23(34)12-20/h7-16,28,30,39-40H,5-6,17-18H2,1-4H3,(H2,37,38,42)/b36-16+/t28-,30+/m0/s1. The lowest BCUT2D eigenvalue weighted by Crippen LogP contribution is -2.45. The summed E-state index contributed by atoms with van der Waals surface area (Å²) in [5.41, 5.74) is 5.30. The number of aliphatic hydroxyl groups is 1.